The van der Waals surface area contributed by atoms with E-state index < -0.39 is 0 Å². The van der Waals surface area contributed by atoms with Crippen LogP contribution < -0.4 is 4.74 Å². The van der Waals surface area contributed by atoms with E-state index in [0.717, 1.165) is 37.9 Å². The number of likely N-dealkylation sites (tertiary alicyclic amines) is 1. The highest BCUT2D eigenvalue weighted by Gasteiger charge is 2.20. The molecule has 1 aliphatic rings. The van der Waals surface area contributed by atoms with Gasteiger partial charge in [-0.2, -0.15) is 0 Å². The minimum absolute atomic E-state index is 0.292. The fourth-order valence-electron chi connectivity index (χ4n) is 2.27. The van der Waals surface area contributed by atoms with E-state index in [-0.39, 0.29) is 5.82 Å². The monoisotopic (exact) mass is 237 g/mol. The number of hydrogen-bond donors (Lipinski definition) is 0. The summed E-state index contributed by atoms with van der Waals surface area (Å²) in [6.07, 6.45) is 2.74. The van der Waals surface area contributed by atoms with Crippen LogP contribution in [-0.4, -0.2) is 31.5 Å². The zero-order valence-electron chi connectivity index (χ0n) is 9.86. The predicted octanol–water partition coefficient (Wildman–Crippen LogP) is 2.17. The standard InChI is InChI=1S/C13H16FNO2/c1-17-13-8-11(2-3-12(13)14)10-4-6-15(9-16)7-5-10/h2-3,8-10H,4-7H2,1H3. The van der Waals surface area contributed by atoms with Crippen LogP contribution in [0.2, 0.25) is 0 Å². The van der Waals surface area contributed by atoms with Gasteiger partial charge in [0, 0.05) is 13.1 Å². The van der Waals surface area contributed by atoms with Crippen LogP contribution in [0.1, 0.15) is 24.3 Å². The summed E-state index contributed by atoms with van der Waals surface area (Å²) in [5.74, 6) is 0.350. The third-order valence-corrected chi connectivity index (χ3v) is 3.33. The first-order valence-corrected chi connectivity index (χ1v) is 5.77. The lowest BCUT2D eigenvalue weighted by Gasteiger charge is -2.29. The van der Waals surface area contributed by atoms with Gasteiger partial charge in [0.2, 0.25) is 6.41 Å². The number of benzene rings is 1. The lowest BCUT2D eigenvalue weighted by molar-refractivity contribution is -0.119. The number of nitrogens with zero attached hydrogens (tertiary/aromatic N) is 1. The van der Waals surface area contributed by atoms with Crippen LogP contribution in [0.4, 0.5) is 4.39 Å². The smallest absolute Gasteiger partial charge is 0.209 e. The van der Waals surface area contributed by atoms with Crippen molar-refractivity contribution in [3.05, 3.63) is 29.6 Å². The maximum atomic E-state index is 13.3. The SMILES string of the molecule is COc1cc(C2CCN(C=O)CC2)ccc1F. The Labute approximate surface area is 100 Å². The Balaban J connectivity index is 2.10. The molecule has 92 valence electrons. The molecule has 3 nitrogen and oxygen atoms in total. The zero-order valence-corrected chi connectivity index (χ0v) is 9.86. The number of carbonyl (C=O) groups is 1. The molecule has 1 heterocycles. The van der Waals surface area contributed by atoms with Gasteiger partial charge in [-0.25, -0.2) is 4.39 Å². The van der Waals surface area contributed by atoms with Gasteiger partial charge in [-0.05, 0) is 36.5 Å². The second-order valence-corrected chi connectivity index (χ2v) is 4.31. The largest absolute Gasteiger partial charge is 0.494 e. The average molecular weight is 237 g/mol. The predicted molar refractivity (Wildman–Crippen MR) is 62.6 cm³/mol. The third kappa shape index (κ3) is 2.57. The number of methoxy groups -OCH3 is 1. The van der Waals surface area contributed by atoms with Crippen molar-refractivity contribution < 1.29 is 13.9 Å². The normalized spacial score (nSPS) is 16.9. The summed E-state index contributed by atoms with van der Waals surface area (Å²) < 4.78 is 18.3. The van der Waals surface area contributed by atoms with Crippen molar-refractivity contribution in [3.63, 3.8) is 0 Å². The van der Waals surface area contributed by atoms with E-state index in [9.17, 15) is 9.18 Å². The molecule has 1 aromatic rings. The first-order valence-electron chi connectivity index (χ1n) is 5.77. The Morgan fingerprint density at radius 3 is 2.71 bits per heavy atom. The van der Waals surface area contributed by atoms with Crippen molar-refractivity contribution in [1.29, 1.82) is 0 Å². The fraction of sp³-hybridized carbons (Fsp3) is 0.462. The Bertz CT molecular complexity index is 400. The molecule has 0 atom stereocenters. The van der Waals surface area contributed by atoms with Crippen LogP contribution in [0.5, 0.6) is 5.75 Å². The molecule has 0 aliphatic carbocycles. The molecule has 0 bridgehead atoms. The molecular weight excluding hydrogens is 221 g/mol. The van der Waals surface area contributed by atoms with Gasteiger partial charge in [0.1, 0.15) is 0 Å². The van der Waals surface area contributed by atoms with Gasteiger partial charge in [0.25, 0.3) is 0 Å². The number of carbonyl (C=O) groups excluding carboxylic acids is 1. The number of piperidine rings is 1. The minimum Gasteiger partial charge on any atom is -0.494 e. The van der Waals surface area contributed by atoms with Gasteiger partial charge >= 0.3 is 0 Å². The molecule has 1 amide bonds. The van der Waals surface area contributed by atoms with Gasteiger partial charge in [-0.3, -0.25) is 4.79 Å². The molecule has 0 saturated carbocycles. The Morgan fingerprint density at radius 1 is 1.41 bits per heavy atom. The highest BCUT2D eigenvalue weighted by molar-refractivity contribution is 5.47. The second-order valence-electron chi connectivity index (χ2n) is 4.31. The first kappa shape index (κ1) is 11.9. The van der Waals surface area contributed by atoms with E-state index in [1.54, 1.807) is 17.0 Å². The summed E-state index contributed by atoms with van der Waals surface area (Å²) in [6.45, 7) is 1.54. The van der Waals surface area contributed by atoms with Crippen molar-refractivity contribution in [2.24, 2.45) is 0 Å². The average Bonchev–Trinajstić information content (AvgIpc) is 2.39. The number of ether oxygens (including phenoxy) is 1. The molecule has 0 aromatic heterocycles. The summed E-state index contributed by atoms with van der Waals surface area (Å²) in [4.78, 5) is 12.4. The van der Waals surface area contributed by atoms with Crippen molar-refractivity contribution in [2.45, 2.75) is 18.8 Å². The van der Waals surface area contributed by atoms with Crippen LogP contribution in [0.3, 0.4) is 0 Å². The fourth-order valence-corrected chi connectivity index (χ4v) is 2.27. The summed E-state index contributed by atoms with van der Waals surface area (Å²) in [6, 6.07) is 5.01. The summed E-state index contributed by atoms with van der Waals surface area (Å²) in [5, 5.41) is 0. The van der Waals surface area contributed by atoms with Crippen LogP contribution in [0, 0.1) is 5.82 Å². The van der Waals surface area contributed by atoms with Crippen molar-refractivity contribution >= 4 is 6.41 Å². The van der Waals surface area contributed by atoms with Crippen LogP contribution >= 0.6 is 0 Å². The molecular formula is C13H16FNO2. The molecule has 1 aromatic carbocycles. The quantitative estimate of drug-likeness (QED) is 0.754. The van der Waals surface area contributed by atoms with E-state index in [0.29, 0.717) is 11.7 Å². The second kappa shape index (κ2) is 5.17. The van der Waals surface area contributed by atoms with Crippen molar-refractivity contribution in [2.75, 3.05) is 20.2 Å². The van der Waals surface area contributed by atoms with Crippen LogP contribution in [-0.2, 0) is 4.79 Å². The number of amides is 1. The maximum absolute atomic E-state index is 13.3. The molecule has 1 fully saturated rings. The summed E-state index contributed by atoms with van der Waals surface area (Å²) in [5.41, 5.74) is 1.09. The molecule has 4 heteroatoms. The maximum Gasteiger partial charge on any atom is 0.209 e. The van der Waals surface area contributed by atoms with Gasteiger partial charge in [0.05, 0.1) is 7.11 Å². The minimum atomic E-state index is -0.332. The van der Waals surface area contributed by atoms with E-state index in [1.807, 2.05) is 0 Å². The summed E-state index contributed by atoms with van der Waals surface area (Å²) in [7, 11) is 1.47. The molecule has 0 spiro atoms. The molecule has 17 heavy (non-hydrogen) atoms. The molecule has 0 radical (unpaired) electrons. The lowest BCUT2D eigenvalue weighted by atomic mass is 9.89. The summed E-state index contributed by atoms with van der Waals surface area (Å²) >= 11 is 0. The van der Waals surface area contributed by atoms with Crippen molar-refractivity contribution in [1.82, 2.24) is 4.90 Å². The van der Waals surface area contributed by atoms with Gasteiger partial charge in [-0.15, -0.1) is 0 Å². The number of halogens is 1. The lowest BCUT2D eigenvalue weighted by Crippen LogP contribution is -2.31. The third-order valence-electron chi connectivity index (χ3n) is 3.33. The van der Waals surface area contributed by atoms with Gasteiger partial charge in [0.15, 0.2) is 11.6 Å². The van der Waals surface area contributed by atoms with Gasteiger partial charge < -0.3 is 9.64 Å². The Hall–Kier alpha value is -1.58. The van der Waals surface area contributed by atoms with E-state index in [2.05, 4.69) is 0 Å². The molecule has 0 unspecified atom stereocenters. The van der Waals surface area contributed by atoms with Gasteiger partial charge in [-0.1, -0.05) is 6.07 Å². The highest BCUT2D eigenvalue weighted by atomic mass is 19.1. The van der Waals surface area contributed by atoms with Crippen LogP contribution in [0.15, 0.2) is 18.2 Å². The molecule has 1 saturated heterocycles. The Kier molecular flexibility index (Phi) is 3.61. The van der Waals surface area contributed by atoms with E-state index >= 15 is 0 Å². The van der Waals surface area contributed by atoms with Crippen molar-refractivity contribution in [3.8, 4) is 5.75 Å². The zero-order chi connectivity index (χ0) is 12.3. The number of hydrogen-bond acceptors (Lipinski definition) is 2. The van der Waals surface area contributed by atoms with E-state index in [4.69, 9.17) is 4.74 Å². The molecule has 2 rings (SSSR count). The van der Waals surface area contributed by atoms with E-state index in [1.165, 1.54) is 13.2 Å². The molecule has 0 N–H and O–H groups in total. The number of rotatable bonds is 3. The highest BCUT2D eigenvalue weighted by Crippen LogP contribution is 2.30. The van der Waals surface area contributed by atoms with Crippen LogP contribution in [0.25, 0.3) is 0 Å². The topological polar surface area (TPSA) is 29.5 Å². The molecule has 1 aliphatic heterocycles. The first-order chi connectivity index (χ1) is 8.24. The Morgan fingerprint density at radius 2 is 2.12 bits per heavy atom.